The van der Waals surface area contributed by atoms with E-state index in [2.05, 4.69) is 33.8 Å². The molecule has 1 saturated carbocycles. The van der Waals surface area contributed by atoms with E-state index in [0.29, 0.717) is 11.8 Å². The molecule has 0 radical (unpaired) electrons. The first-order valence-electron chi connectivity index (χ1n) is 7.30. The largest absolute Gasteiger partial charge is 0.259 e. The summed E-state index contributed by atoms with van der Waals surface area (Å²) in [6.45, 7) is 8.52. The lowest BCUT2D eigenvalue weighted by atomic mass is 9.80. The fraction of sp³-hybridized carbons (Fsp3) is 0.933. The van der Waals surface area contributed by atoms with Crippen LogP contribution in [-0.2, 0) is 10.8 Å². The van der Waals surface area contributed by atoms with Crippen LogP contribution in [0.5, 0.6) is 0 Å². The van der Waals surface area contributed by atoms with Gasteiger partial charge in [-0.2, -0.15) is 5.26 Å². The van der Waals surface area contributed by atoms with E-state index in [1.54, 1.807) is 0 Å². The molecule has 104 valence electrons. The highest BCUT2D eigenvalue weighted by Crippen LogP contribution is 2.36. The number of nitrogens with zero attached hydrogens (tertiary/aromatic N) is 1. The van der Waals surface area contributed by atoms with Gasteiger partial charge >= 0.3 is 0 Å². The lowest BCUT2D eigenvalue weighted by Crippen LogP contribution is -2.37. The Morgan fingerprint density at radius 3 is 2.50 bits per heavy atom. The van der Waals surface area contributed by atoms with Gasteiger partial charge in [0.2, 0.25) is 0 Å². The van der Waals surface area contributed by atoms with Crippen LogP contribution >= 0.6 is 0 Å². The summed E-state index contributed by atoms with van der Waals surface area (Å²) in [7, 11) is -0.858. The molecule has 0 spiro atoms. The molecule has 0 amide bonds. The average Bonchev–Trinajstić information content (AvgIpc) is 2.37. The number of hydrogen-bond donors (Lipinski definition) is 0. The molecule has 0 saturated heterocycles. The van der Waals surface area contributed by atoms with Gasteiger partial charge in [-0.05, 0) is 31.1 Å². The standard InChI is InChI=1S/C15H27NOS/c1-5-6-13-7-8-14(10-16)15(9-13)18(17)12(4)11(2)3/h11-15H,5-9H2,1-4H3. The zero-order valence-electron chi connectivity index (χ0n) is 12.2. The minimum Gasteiger partial charge on any atom is -0.259 e. The van der Waals surface area contributed by atoms with Crippen molar-refractivity contribution in [1.82, 2.24) is 0 Å². The molecule has 0 aromatic heterocycles. The van der Waals surface area contributed by atoms with Gasteiger partial charge in [-0.1, -0.05) is 40.5 Å². The summed E-state index contributed by atoms with van der Waals surface area (Å²) < 4.78 is 12.6. The highest BCUT2D eigenvalue weighted by molar-refractivity contribution is 7.86. The van der Waals surface area contributed by atoms with Gasteiger partial charge in [0, 0.05) is 16.0 Å². The van der Waals surface area contributed by atoms with Crippen LogP contribution in [0.1, 0.15) is 59.8 Å². The van der Waals surface area contributed by atoms with Crippen molar-refractivity contribution in [3.8, 4) is 6.07 Å². The quantitative estimate of drug-likeness (QED) is 0.759. The van der Waals surface area contributed by atoms with Crippen molar-refractivity contribution in [2.75, 3.05) is 0 Å². The van der Waals surface area contributed by atoms with Gasteiger partial charge in [0.05, 0.1) is 17.2 Å². The van der Waals surface area contributed by atoms with Crippen molar-refractivity contribution in [2.45, 2.75) is 70.3 Å². The van der Waals surface area contributed by atoms with Crippen molar-refractivity contribution >= 4 is 10.8 Å². The van der Waals surface area contributed by atoms with Crippen LogP contribution in [0, 0.1) is 29.1 Å². The fourth-order valence-electron chi connectivity index (χ4n) is 2.83. The third-order valence-corrected chi connectivity index (χ3v) is 6.76. The highest BCUT2D eigenvalue weighted by Gasteiger charge is 2.36. The summed E-state index contributed by atoms with van der Waals surface area (Å²) in [6.07, 6.45) is 5.51. The van der Waals surface area contributed by atoms with E-state index in [4.69, 9.17) is 0 Å². The van der Waals surface area contributed by atoms with Crippen molar-refractivity contribution in [1.29, 1.82) is 5.26 Å². The molecule has 0 N–H and O–H groups in total. The van der Waals surface area contributed by atoms with Gasteiger partial charge in [-0.3, -0.25) is 4.21 Å². The molecule has 0 aromatic rings. The highest BCUT2D eigenvalue weighted by atomic mass is 32.2. The second-order valence-electron chi connectivity index (χ2n) is 6.02. The zero-order valence-corrected chi connectivity index (χ0v) is 13.0. The van der Waals surface area contributed by atoms with Gasteiger partial charge in [0.1, 0.15) is 0 Å². The van der Waals surface area contributed by atoms with Crippen molar-refractivity contribution in [2.24, 2.45) is 17.8 Å². The van der Waals surface area contributed by atoms with E-state index in [0.717, 1.165) is 19.3 Å². The maximum atomic E-state index is 12.6. The maximum Gasteiger partial charge on any atom is 0.0668 e. The van der Waals surface area contributed by atoms with Gasteiger partial charge in [-0.25, -0.2) is 0 Å². The van der Waals surface area contributed by atoms with E-state index >= 15 is 0 Å². The smallest absolute Gasteiger partial charge is 0.0668 e. The monoisotopic (exact) mass is 269 g/mol. The van der Waals surface area contributed by atoms with E-state index in [-0.39, 0.29) is 16.4 Å². The van der Waals surface area contributed by atoms with Crippen LogP contribution < -0.4 is 0 Å². The number of hydrogen-bond acceptors (Lipinski definition) is 2. The van der Waals surface area contributed by atoms with Crippen molar-refractivity contribution in [3.05, 3.63) is 0 Å². The molecule has 3 heteroatoms. The van der Waals surface area contributed by atoms with Gasteiger partial charge in [0.25, 0.3) is 0 Å². The first kappa shape index (κ1) is 15.7. The SMILES string of the molecule is CCCC1CCC(C#N)C(S(=O)C(C)C(C)C)C1. The summed E-state index contributed by atoms with van der Waals surface area (Å²) in [5, 5.41) is 9.57. The van der Waals surface area contributed by atoms with Gasteiger partial charge < -0.3 is 0 Å². The maximum absolute atomic E-state index is 12.6. The molecule has 0 aliphatic heterocycles. The molecule has 2 nitrogen and oxygen atoms in total. The Hall–Kier alpha value is -0.360. The first-order valence-corrected chi connectivity index (χ1v) is 8.57. The molecular formula is C15H27NOS. The Labute approximate surface area is 115 Å². The van der Waals surface area contributed by atoms with Crippen molar-refractivity contribution in [3.63, 3.8) is 0 Å². The number of rotatable bonds is 5. The molecule has 1 aliphatic carbocycles. The predicted octanol–water partition coefficient (Wildman–Crippen LogP) is 3.89. The second kappa shape index (κ2) is 7.28. The first-order chi connectivity index (χ1) is 8.51. The minimum atomic E-state index is -0.858. The topological polar surface area (TPSA) is 40.9 Å². The second-order valence-corrected chi connectivity index (χ2v) is 8.03. The molecule has 0 heterocycles. The van der Waals surface area contributed by atoms with E-state index < -0.39 is 10.8 Å². The predicted molar refractivity (Wildman–Crippen MR) is 77.6 cm³/mol. The summed E-state index contributed by atoms with van der Waals surface area (Å²) in [4.78, 5) is 0. The molecule has 0 aromatic carbocycles. The van der Waals surface area contributed by atoms with Crippen LogP contribution in [0.4, 0.5) is 0 Å². The molecule has 1 fully saturated rings. The molecule has 1 rings (SSSR count). The Kier molecular flexibility index (Phi) is 6.35. The fourth-order valence-corrected chi connectivity index (χ4v) is 4.90. The van der Waals surface area contributed by atoms with Gasteiger partial charge in [-0.15, -0.1) is 0 Å². The van der Waals surface area contributed by atoms with E-state index in [1.165, 1.54) is 12.8 Å². The molecule has 1 aliphatic rings. The minimum absolute atomic E-state index is 0.0140. The lowest BCUT2D eigenvalue weighted by molar-refractivity contribution is 0.302. The van der Waals surface area contributed by atoms with Crippen LogP contribution in [0.3, 0.4) is 0 Å². The number of nitriles is 1. The van der Waals surface area contributed by atoms with Crippen LogP contribution in [0.2, 0.25) is 0 Å². The van der Waals surface area contributed by atoms with Crippen LogP contribution in [0.15, 0.2) is 0 Å². The summed E-state index contributed by atoms with van der Waals surface area (Å²) in [5.74, 6) is 1.13. The average molecular weight is 269 g/mol. The third-order valence-electron chi connectivity index (χ3n) is 4.37. The van der Waals surface area contributed by atoms with Crippen LogP contribution in [0.25, 0.3) is 0 Å². The van der Waals surface area contributed by atoms with Gasteiger partial charge in [0.15, 0.2) is 0 Å². The zero-order chi connectivity index (χ0) is 13.7. The molecule has 5 unspecified atom stereocenters. The Morgan fingerprint density at radius 1 is 1.33 bits per heavy atom. The Bertz CT molecular complexity index is 321. The summed E-state index contributed by atoms with van der Waals surface area (Å²) >= 11 is 0. The Balaban J connectivity index is 2.74. The Morgan fingerprint density at radius 2 is 2.00 bits per heavy atom. The summed E-state index contributed by atoms with van der Waals surface area (Å²) in [6, 6.07) is 2.40. The van der Waals surface area contributed by atoms with E-state index in [9.17, 15) is 9.47 Å². The third kappa shape index (κ3) is 3.82. The molecule has 18 heavy (non-hydrogen) atoms. The molecule has 0 bridgehead atoms. The van der Waals surface area contributed by atoms with Crippen LogP contribution in [-0.4, -0.2) is 14.7 Å². The molecule has 5 atom stereocenters. The van der Waals surface area contributed by atoms with E-state index in [1.807, 2.05) is 0 Å². The molecular weight excluding hydrogens is 242 g/mol. The lowest BCUT2D eigenvalue weighted by Gasteiger charge is -2.34. The normalized spacial score (nSPS) is 31.9. The summed E-state index contributed by atoms with van der Waals surface area (Å²) in [5.41, 5.74) is 0. The van der Waals surface area contributed by atoms with Crippen molar-refractivity contribution < 1.29 is 4.21 Å².